The Balaban J connectivity index is 2.24. The van der Waals surface area contributed by atoms with Crippen molar-refractivity contribution in [1.29, 1.82) is 0 Å². The van der Waals surface area contributed by atoms with Crippen molar-refractivity contribution >= 4 is 5.69 Å². The van der Waals surface area contributed by atoms with Gasteiger partial charge in [-0.3, -0.25) is 0 Å². The maximum Gasteiger partial charge on any atom is 0.128 e. The van der Waals surface area contributed by atoms with Crippen LogP contribution in [-0.2, 0) is 10.2 Å². The molecule has 3 heteroatoms. The van der Waals surface area contributed by atoms with Gasteiger partial charge in [-0.15, -0.1) is 0 Å². The molecule has 0 unspecified atom stereocenters. The summed E-state index contributed by atoms with van der Waals surface area (Å²) in [7, 11) is 0. The molecule has 1 aromatic rings. The van der Waals surface area contributed by atoms with Crippen molar-refractivity contribution in [3.63, 3.8) is 0 Å². The summed E-state index contributed by atoms with van der Waals surface area (Å²) < 4.78 is 19.3. The standard InChI is InChI=1S/C14H20FNO/c1-14(2,3)12-5-4-11(10-13(12)15)16-6-8-17-9-7-16/h4-5,10H,6-9H2,1-3H3. The van der Waals surface area contributed by atoms with Gasteiger partial charge in [0.25, 0.3) is 0 Å². The number of hydrogen-bond acceptors (Lipinski definition) is 2. The molecule has 2 nitrogen and oxygen atoms in total. The molecule has 0 saturated carbocycles. The highest BCUT2D eigenvalue weighted by atomic mass is 19.1. The summed E-state index contributed by atoms with van der Waals surface area (Å²) in [5, 5.41) is 0. The Kier molecular flexibility index (Phi) is 3.38. The van der Waals surface area contributed by atoms with Gasteiger partial charge in [-0.2, -0.15) is 0 Å². The van der Waals surface area contributed by atoms with E-state index in [1.54, 1.807) is 6.07 Å². The number of morpholine rings is 1. The fraction of sp³-hybridized carbons (Fsp3) is 0.571. The molecule has 1 aromatic carbocycles. The topological polar surface area (TPSA) is 12.5 Å². The first-order valence-corrected chi connectivity index (χ1v) is 6.11. The van der Waals surface area contributed by atoms with Crippen LogP contribution in [0.2, 0.25) is 0 Å². The zero-order valence-corrected chi connectivity index (χ0v) is 10.8. The minimum absolute atomic E-state index is 0.110. The smallest absolute Gasteiger partial charge is 0.128 e. The monoisotopic (exact) mass is 237 g/mol. The summed E-state index contributed by atoms with van der Waals surface area (Å²) in [4.78, 5) is 2.17. The van der Waals surface area contributed by atoms with Gasteiger partial charge in [0.2, 0.25) is 0 Å². The lowest BCUT2D eigenvalue weighted by Gasteiger charge is -2.30. The Morgan fingerprint density at radius 2 is 1.82 bits per heavy atom. The van der Waals surface area contributed by atoms with Crippen molar-refractivity contribution in [1.82, 2.24) is 0 Å². The van der Waals surface area contributed by atoms with Gasteiger partial charge in [0.05, 0.1) is 13.2 Å². The molecular weight excluding hydrogens is 217 g/mol. The largest absolute Gasteiger partial charge is 0.378 e. The van der Waals surface area contributed by atoms with E-state index in [1.807, 2.05) is 32.9 Å². The molecule has 1 aliphatic rings. The van der Waals surface area contributed by atoms with Crippen LogP contribution in [0.4, 0.5) is 10.1 Å². The van der Waals surface area contributed by atoms with Gasteiger partial charge in [-0.05, 0) is 23.1 Å². The van der Waals surface area contributed by atoms with E-state index >= 15 is 0 Å². The van der Waals surface area contributed by atoms with Crippen LogP contribution in [0.1, 0.15) is 26.3 Å². The first-order valence-electron chi connectivity index (χ1n) is 6.11. The summed E-state index contributed by atoms with van der Waals surface area (Å²) in [5.41, 5.74) is 1.58. The zero-order chi connectivity index (χ0) is 12.5. The van der Waals surface area contributed by atoms with Gasteiger partial charge in [-0.25, -0.2) is 4.39 Å². The van der Waals surface area contributed by atoms with Crippen LogP contribution in [0.25, 0.3) is 0 Å². The Labute approximate surface area is 102 Å². The van der Waals surface area contributed by atoms with E-state index in [0.29, 0.717) is 0 Å². The lowest BCUT2D eigenvalue weighted by Crippen LogP contribution is -2.36. The van der Waals surface area contributed by atoms with Crippen molar-refractivity contribution in [2.45, 2.75) is 26.2 Å². The van der Waals surface area contributed by atoms with Gasteiger partial charge < -0.3 is 9.64 Å². The molecule has 94 valence electrons. The van der Waals surface area contributed by atoms with Crippen molar-refractivity contribution in [2.24, 2.45) is 0 Å². The van der Waals surface area contributed by atoms with Gasteiger partial charge in [0, 0.05) is 18.8 Å². The maximum atomic E-state index is 14.0. The SMILES string of the molecule is CC(C)(C)c1ccc(N2CCOCC2)cc1F. The summed E-state index contributed by atoms with van der Waals surface area (Å²) in [5.74, 6) is -0.110. The van der Waals surface area contributed by atoms with Gasteiger partial charge in [0.15, 0.2) is 0 Å². The van der Waals surface area contributed by atoms with Crippen LogP contribution in [0.5, 0.6) is 0 Å². The normalized spacial score (nSPS) is 17.3. The number of rotatable bonds is 1. The Morgan fingerprint density at radius 3 is 2.35 bits per heavy atom. The molecule has 1 fully saturated rings. The van der Waals surface area contributed by atoms with Crippen LogP contribution in [-0.4, -0.2) is 26.3 Å². The minimum atomic E-state index is -0.145. The number of nitrogens with zero attached hydrogens (tertiary/aromatic N) is 1. The Morgan fingerprint density at radius 1 is 1.18 bits per heavy atom. The molecule has 17 heavy (non-hydrogen) atoms. The van der Waals surface area contributed by atoms with Crippen LogP contribution in [0, 0.1) is 5.82 Å². The predicted molar refractivity (Wildman–Crippen MR) is 68.1 cm³/mol. The molecule has 0 aromatic heterocycles. The van der Waals surface area contributed by atoms with Crippen molar-refractivity contribution in [2.75, 3.05) is 31.2 Å². The average molecular weight is 237 g/mol. The molecule has 0 N–H and O–H groups in total. The van der Waals surface area contributed by atoms with Crippen LogP contribution in [0.15, 0.2) is 18.2 Å². The Bertz CT molecular complexity index is 392. The number of benzene rings is 1. The third kappa shape index (κ3) is 2.78. The summed E-state index contributed by atoms with van der Waals surface area (Å²) >= 11 is 0. The molecule has 0 aliphatic carbocycles. The summed E-state index contributed by atoms with van der Waals surface area (Å²) in [6.45, 7) is 9.22. The molecule has 0 bridgehead atoms. The van der Waals surface area contributed by atoms with Gasteiger partial charge >= 0.3 is 0 Å². The van der Waals surface area contributed by atoms with Gasteiger partial charge in [-0.1, -0.05) is 26.8 Å². The average Bonchev–Trinajstić information content (AvgIpc) is 2.28. The van der Waals surface area contributed by atoms with Crippen molar-refractivity contribution in [3.8, 4) is 0 Å². The van der Waals surface area contributed by atoms with E-state index in [0.717, 1.165) is 37.6 Å². The van der Waals surface area contributed by atoms with Crippen molar-refractivity contribution < 1.29 is 9.13 Å². The zero-order valence-electron chi connectivity index (χ0n) is 10.8. The molecule has 0 radical (unpaired) electrons. The van der Waals surface area contributed by atoms with Gasteiger partial charge in [0.1, 0.15) is 5.82 Å². The van der Waals surface area contributed by atoms with E-state index in [1.165, 1.54) is 0 Å². The molecule has 1 aliphatic heterocycles. The lowest BCUT2D eigenvalue weighted by atomic mass is 9.86. The summed E-state index contributed by atoms with van der Waals surface area (Å²) in [6.07, 6.45) is 0. The third-order valence-corrected chi connectivity index (χ3v) is 3.14. The second kappa shape index (κ2) is 4.65. The highest BCUT2D eigenvalue weighted by Crippen LogP contribution is 2.28. The van der Waals surface area contributed by atoms with Crippen molar-refractivity contribution in [3.05, 3.63) is 29.6 Å². The summed E-state index contributed by atoms with van der Waals surface area (Å²) in [6, 6.07) is 5.56. The van der Waals surface area contributed by atoms with E-state index in [9.17, 15) is 4.39 Å². The molecule has 0 spiro atoms. The highest BCUT2D eigenvalue weighted by Gasteiger charge is 2.20. The van der Waals surface area contributed by atoms with Crippen LogP contribution >= 0.6 is 0 Å². The molecule has 0 amide bonds. The predicted octanol–water partition coefficient (Wildman–Crippen LogP) is 2.96. The number of halogens is 1. The third-order valence-electron chi connectivity index (χ3n) is 3.14. The minimum Gasteiger partial charge on any atom is -0.378 e. The van der Waals surface area contributed by atoms with Crippen LogP contribution < -0.4 is 4.90 Å². The lowest BCUT2D eigenvalue weighted by molar-refractivity contribution is 0.122. The number of ether oxygens (including phenoxy) is 1. The second-order valence-electron chi connectivity index (χ2n) is 5.51. The number of hydrogen-bond donors (Lipinski definition) is 0. The van der Waals surface area contributed by atoms with E-state index < -0.39 is 0 Å². The number of anilines is 1. The van der Waals surface area contributed by atoms with E-state index in [4.69, 9.17) is 4.74 Å². The fourth-order valence-corrected chi connectivity index (χ4v) is 2.13. The maximum absolute atomic E-state index is 14.0. The molecule has 1 heterocycles. The van der Waals surface area contributed by atoms with E-state index in [2.05, 4.69) is 4.90 Å². The quantitative estimate of drug-likeness (QED) is 0.744. The molecule has 0 atom stereocenters. The fourth-order valence-electron chi connectivity index (χ4n) is 2.13. The second-order valence-corrected chi connectivity index (χ2v) is 5.51. The highest BCUT2D eigenvalue weighted by molar-refractivity contribution is 5.49. The first kappa shape index (κ1) is 12.4. The van der Waals surface area contributed by atoms with Crippen LogP contribution in [0.3, 0.4) is 0 Å². The molecule has 2 rings (SSSR count). The Hall–Kier alpha value is -1.09. The molecular formula is C14H20FNO. The molecule has 1 saturated heterocycles. The van der Waals surface area contributed by atoms with E-state index in [-0.39, 0.29) is 11.2 Å². The first-order chi connectivity index (χ1) is 7.98.